The first-order valence-electron chi connectivity index (χ1n) is 8.63. The van der Waals surface area contributed by atoms with E-state index < -0.39 is 5.91 Å². The maximum Gasteiger partial charge on any atom is 0.292 e. The average Bonchev–Trinajstić information content (AvgIpc) is 3.11. The van der Waals surface area contributed by atoms with Crippen LogP contribution in [-0.2, 0) is 11.3 Å². The Morgan fingerprint density at radius 1 is 1.14 bits per heavy atom. The van der Waals surface area contributed by atoms with Crippen molar-refractivity contribution in [2.24, 2.45) is 0 Å². The lowest BCUT2D eigenvalue weighted by molar-refractivity contribution is 0.0997. The van der Waals surface area contributed by atoms with E-state index in [2.05, 4.69) is 15.5 Å². The fraction of sp³-hybridized carbons (Fsp3) is 0.0952. The summed E-state index contributed by atoms with van der Waals surface area (Å²) < 4.78 is 10.8. The van der Waals surface area contributed by atoms with Crippen LogP contribution in [0.2, 0.25) is 0 Å². The molecule has 140 valence electrons. The SMILES string of the molecule is COCc1[nH]nc(NC(=O)c2cc(=O)c3ccccc3o2)c1-c1ccccc1. The van der Waals surface area contributed by atoms with Crippen LogP contribution in [0.4, 0.5) is 5.82 Å². The molecule has 1 amide bonds. The fourth-order valence-electron chi connectivity index (χ4n) is 3.02. The lowest BCUT2D eigenvalue weighted by Crippen LogP contribution is -2.15. The summed E-state index contributed by atoms with van der Waals surface area (Å²) in [5.41, 5.74) is 2.39. The summed E-state index contributed by atoms with van der Waals surface area (Å²) >= 11 is 0. The molecule has 4 rings (SSSR count). The van der Waals surface area contributed by atoms with Crippen LogP contribution in [0.15, 0.2) is 69.9 Å². The number of nitrogens with one attached hydrogen (secondary N) is 2. The zero-order chi connectivity index (χ0) is 19.5. The molecule has 0 bridgehead atoms. The first kappa shape index (κ1) is 17.7. The molecule has 7 heteroatoms. The lowest BCUT2D eigenvalue weighted by Gasteiger charge is -2.07. The van der Waals surface area contributed by atoms with Gasteiger partial charge in [-0.2, -0.15) is 5.10 Å². The number of ether oxygens (including phenoxy) is 1. The minimum absolute atomic E-state index is 0.0843. The molecule has 0 radical (unpaired) electrons. The summed E-state index contributed by atoms with van der Waals surface area (Å²) in [6, 6.07) is 17.5. The van der Waals surface area contributed by atoms with Crippen LogP contribution in [0, 0.1) is 0 Å². The number of hydrogen-bond donors (Lipinski definition) is 2. The van der Waals surface area contributed by atoms with E-state index in [1.54, 1.807) is 31.4 Å². The number of aromatic nitrogens is 2. The molecule has 0 unspecified atom stereocenters. The Labute approximate surface area is 160 Å². The number of fused-ring (bicyclic) bond motifs is 1. The number of para-hydroxylation sites is 1. The van der Waals surface area contributed by atoms with E-state index in [-0.39, 0.29) is 11.2 Å². The molecule has 0 fully saturated rings. The van der Waals surface area contributed by atoms with Crippen molar-refractivity contribution in [2.75, 3.05) is 12.4 Å². The molecule has 0 spiro atoms. The van der Waals surface area contributed by atoms with E-state index in [0.29, 0.717) is 23.4 Å². The maximum atomic E-state index is 12.7. The Bertz CT molecular complexity index is 1200. The highest BCUT2D eigenvalue weighted by Crippen LogP contribution is 2.30. The maximum absolute atomic E-state index is 12.7. The van der Waals surface area contributed by atoms with Crippen molar-refractivity contribution in [3.05, 3.63) is 82.3 Å². The van der Waals surface area contributed by atoms with Crippen molar-refractivity contribution >= 4 is 22.7 Å². The van der Waals surface area contributed by atoms with Crippen LogP contribution in [0.5, 0.6) is 0 Å². The smallest absolute Gasteiger partial charge is 0.292 e. The second-order valence-electron chi connectivity index (χ2n) is 6.15. The molecule has 0 atom stereocenters. The highest BCUT2D eigenvalue weighted by Gasteiger charge is 2.19. The number of hydrogen-bond acceptors (Lipinski definition) is 5. The largest absolute Gasteiger partial charge is 0.451 e. The van der Waals surface area contributed by atoms with Gasteiger partial charge in [0.1, 0.15) is 5.58 Å². The summed E-state index contributed by atoms with van der Waals surface area (Å²) in [5, 5.41) is 10.2. The number of aromatic amines is 1. The molecular formula is C21H17N3O4. The summed E-state index contributed by atoms with van der Waals surface area (Å²) in [7, 11) is 1.58. The monoisotopic (exact) mass is 375 g/mol. The van der Waals surface area contributed by atoms with E-state index in [0.717, 1.165) is 16.8 Å². The molecule has 0 saturated heterocycles. The first-order valence-corrected chi connectivity index (χ1v) is 8.63. The van der Waals surface area contributed by atoms with Crippen LogP contribution in [0.25, 0.3) is 22.1 Å². The van der Waals surface area contributed by atoms with E-state index in [4.69, 9.17) is 9.15 Å². The Kier molecular flexibility index (Phi) is 4.74. The van der Waals surface area contributed by atoms with Crippen molar-refractivity contribution in [3.8, 4) is 11.1 Å². The van der Waals surface area contributed by atoms with Gasteiger partial charge in [0.25, 0.3) is 5.91 Å². The molecule has 0 aliphatic heterocycles. The number of anilines is 1. The van der Waals surface area contributed by atoms with E-state index in [1.165, 1.54) is 6.07 Å². The van der Waals surface area contributed by atoms with E-state index in [1.807, 2.05) is 30.3 Å². The molecular weight excluding hydrogens is 358 g/mol. The van der Waals surface area contributed by atoms with E-state index >= 15 is 0 Å². The van der Waals surface area contributed by atoms with Crippen LogP contribution in [0.3, 0.4) is 0 Å². The lowest BCUT2D eigenvalue weighted by atomic mass is 10.1. The van der Waals surface area contributed by atoms with E-state index in [9.17, 15) is 9.59 Å². The van der Waals surface area contributed by atoms with Gasteiger partial charge in [0, 0.05) is 18.7 Å². The summed E-state index contributed by atoms with van der Waals surface area (Å²) in [6.07, 6.45) is 0. The third-order valence-electron chi connectivity index (χ3n) is 4.28. The van der Waals surface area contributed by atoms with Crippen LogP contribution < -0.4 is 10.7 Å². The first-order chi connectivity index (χ1) is 13.7. The predicted molar refractivity (Wildman–Crippen MR) is 105 cm³/mol. The van der Waals surface area contributed by atoms with Gasteiger partial charge in [-0.1, -0.05) is 42.5 Å². The quantitative estimate of drug-likeness (QED) is 0.556. The van der Waals surface area contributed by atoms with Gasteiger partial charge in [-0.15, -0.1) is 0 Å². The predicted octanol–water partition coefficient (Wildman–Crippen LogP) is 3.58. The Morgan fingerprint density at radius 3 is 2.68 bits per heavy atom. The number of amides is 1. The van der Waals surface area contributed by atoms with Crippen molar-refractivity contribution < 1.29 is 13.9 Å². The fourth-order valence-corrected chi connectivity index (χ4v) is 3.02. The third-order valence-corrected chi connectivity index (χ3v) is 4.28. The summed E-state index contributed by atoms with van der Waals surface area (Å²) in [6.45, 7) is 0.304. The van der Waals surface area contributed by atoms with Gasteiger partial charge in [0.05, 0.1) is 17.7 Å². The molecule has 2 N–H and O–H groups in total. The van der Waals surface area contributed by atoms with Gasteiger partial charge in [0.15, 0.2) is 17.0 Å². The Hall–Kier alpha value is -3.71. The molecule has 2 aromatic carbocycles. The van der Waals surface area contributed by atoms with Crippen molar-refractivity contribution in [2.45, 2.75) is 6.61 Å². The molecule has 0 aliphatic rings. The molecule has 7 nitrogen and oxygen atoms in total. The zero-order valence-corrected chi connectivity index (χ0v) is 15.1. The number of methoxy groups -OCH3 is 1. The number of H-pyrrole nitrogens is 1. The van der Waals surface area contributed by atoms with Crippen molar-refractivity contribution in [1.29, 1.82) is 0 Å². The second-order valence-corrected chi connectivity index (χ2v) is 6.15. The molecule has 28 heavy (non-hydrogen) atoms. The number of carbonyl (C=O) groups is 1. The topological polar surface area (TPSA) is 97.2 Å². The number of benzene rings is 2. The molecule has 4 aromatic rings. The number of nitrogens with zero attached hydrogens (tertiary/aromatic N) is 1. The minimum Gasteiger partial charge on any atom is -0.451 e. The normalized spacial score (nSPS) is 10.9. The van der Waals surface area contributed by atoms with Gasteiger partial charge in [0.2, 0.25) is 0 Å². The average molecular weight is 375 g/mol. The van der Waals surface area contributed by atoms with Gasteiger partial charge < -0.3 is 14.5 Å². The van der Waals surface area contributed by atoms with Gasteiger partial charge in [-0.05, 0) is 17.7 Å². The number of rotatable bonds is 5. The standard InChI is InChI=1S/C21H17N3O4/c1-27-12-15-19(13-7-3-2-4-8-13)20(24-23-15)22-21(26)18-11-16(25)14-9-5-6-10-17(14)28-18/h2-11H,12H2,1H3,(H2,22,23,24,26). The van der Waals surface area contributed by atoms with Crippen LogP contribution in [0.1, 0.15) is 16.2 Å². The van der Waals surface area contributed by atoms with Crippen LogP contribution >= 0.6 is 0 Å². The molecule has 0 saturated carbocycles. The molecule has 0 aliphatic carbocycles. The summed E-state index contributed by atoms with van der Waals surface area (Å²) in [4.78, 5) is 25.0. The van der Waals surface area contributed by atoms with Crippen molar-refractivity contribution in [1.82, 2.24) is 10.2 Å². The summed E-state index contributed by atoms with van der Waals surface area (Å²) in [5.74, 6) is -0.312. The van der Waals surface area contributed by atoms with Gasteiger partial charge >= 0.3 is 0 Å². The van der Waals surface area contributed by atoms with Gasteiger partial charge in [-0.3, -0.25) is 14.7 Å². The minimum atomic E-state index is -0.560. The van der Waals surface area contributed by atoms with Crippen LogP contribution in [-0.4, -0.2) is 23.2 Å². The highest BCUT2D eigenvalue weighted by atomic mass is 16.5. The number of carbonyl (C=O) groups excluding carboxylic acids is 1. The Morgan fingerprint density at radius 2 is 1.89 bits per heavy atom. The Balaban J connectivity index is 1.72. The molecule has 2 aromatic heterocycles. The molecule has 2 heterocycles. The second kappa shape index (κ2) is 7.50. The van der Waals surface area contributed by atoms with Crippen molar-refractivity contribution in [3.63, 3.8) is 0 Å². The zero-order valence-electron chi connectivity index (χ0n) is 15.1. The highest BCUT2D eigenvalue weighted by molar-refractivity contribution is 6.04. The van der Waals surface area contributed by atoms with Gasteiger partial charge in [-0.25, -0.2) is 0 Å². The third kappa shape index (κ3) is 3.30.